The van der Waals surface area contributed by atoms with Crippen molar-refractivity contribution in [3.63, 3.8) is 0 Å². The molecule has 1 amide bonds. The Kier molecular flexibility index (Phi) is 5.06. The third kappa shape index (κ3) is 3.37. The smallest absolute Gasteiger partial charge is 0.407 e. The van der Waals surface area contributed by atoms with E-state index in [0.29, 0.717) is 6.42 Å². The van der Waals surface area contributed by atoms with Crippen molar-refractivity contribution in [1.29, 1.82) is 0 Å². The Morgan fingerprint density at radius 2 is 1.75 bits per heavy atom. The summed E-state index contributed by atoms with van der Waals surface area (Å²) in [6, 6.07) is 16.3. The van der Waals surface area contributed by atoms with Crippen molar-refractivity contribution in [2.45, 2.75) is 36.5 Å². The van der Waals surface area contributed by atoms with E-state index < -0.39 is 17.6 Å². The van der Waals surface area contributed by atoms with Crippen LogP contribution in [0.25, 0.3) is 11.1 Å². The zero-order chi connectivity index (χ0) is 19.7. The van der Waals surface area contributed by atoms with Gasteiger partial charge in [-0.3, -0.25) is 4.79 Å². The summed E-state index contributed by atoms with van der Waals surface area (Å²) in [7, 11) is 0. The van der Waals surface area contributed by atoms with Crippen LogP contribution >= 0.6 is 11.8 Å². The fourth-order valence-electron chi connectivity index (χ4n) is 4.33. The lowest BCUT2D eigenvalue weighted by molar-refractivity contribution is -0.138. The number of hydrogen-bond acceptors (Lipinski definition) is 4. The number of alkyl carbamates (subject to hydrolysis) is 1. The molecule has 4 rings (SSSR count). The number of carbonyl (C=O) groups is 2. The second-order valence-electron chi connectivity index (χ2n) is 7.44. The van der Waals surface area contributed by atoms with Gasteiger partial charge in [0.1, 0.15) is 6.61 Å². The molecular formula is C22H23NO4S. The molecule has 2 unspecified atom stereocenters. The highest BCUT2D eigenvalue weighted by Crippen LogP contribution is 2.44. The van der Waals surface area contributed by atoms with E-state index >= 15 is 0 Å². The Morgan fingerprint density at radius 3 is 2.29 bits per heavy atom. The predicted molar refractivity (Wildman–Crippen MR) is 110 cm³/mol. The second-order valence-corrected chi connectivity index (χ2v) is 8.89. The van der Waals surface area contributed by atoms with Gasteiger partial charge in [0.25, 0.3) is 0 Å². The highest BCUT2D eigenvalue weighted by atomic mass is 32.2. The number of carboxylic acid groups (broad SMARTS) is 1. The Balaban J connectivity index is 1.49. The number of fused-ring (bicyclic) bond motifs is 3. The van der Waals surface area contributed by atoms with Gasteiger partial charge in [-0.2, -0.15) is 11.8 Å². The van der Waals surface area contributed by atoms with Gasteiger partial charge < -0.3 is 15.2 Å². The van der Waals surface area contributed by atoms with Crippen LogP contribution in [-0.4, -0.2) is 40.3 Å². The van der Waals surface area contributed by atoms with Crippen LogP contribution in [0.1, 0.15) is 36.8 Å². The van der Waals surface area contributed by atoms with Crippen molar-refractivity contribution in [1.82, 2.24) is 5.32 Å². The van der Waals surface area contributed by atoms with Gasteiger partial charge in [0, 0.05) is 11.2 Å². The van der Waals surface area contributed by atoms with E-state index in [-0.39, 0.29) is 24.2 Å². The lowest BCUT2D eigenvalue weighted by Crippen LogP contribution is -2.53. The summed E-state index contributed by atoms with van der Waals surface area (Å²) in [5.74, 6) is -0.0878. The maximum atomic E-state index is 12.6. The fraction of sp³-hybridized carbons (Fsp3) is 0.364. The van der Waals surface area contributed by atoms with Gasteiger partial charge in [-0.15, -0.1) is 0 Å². The minimum absolute atomic E-state index is 0.0102. The highest BCUT2D eigenvalue weighted by Gasteiger charge is 2.44. The van der Waals surface area contributed by atoms with Crippen molar-refractivity contribution in [3.8, 4) is 11.1 Å². The second kappa shape index (κ2) is 7.51. The SMILES string of the molecule is CC1SCCC1(CC(=O)O)NC(=O)OCC1c2ccccc2-c2ccccc21. The van der Waals surface area contributed by atoms with Crippen molar-refractivity contribution in [2.24, 2.45) is 0 Å². The molecule has 0 aromatic heterocycles. The summed E-state index contributed by atoms with van der Waals surface area (Å²) in [4.78, 5) is 23.9. The fourth-order valence-corrected chi connectivity index (χ4v) is 5.74. The quantitative estimate of drug-likeness (QED) is 0.788. The molecule has 2 aromatic rings. The monoisotopic (exact) mass is 397 g/mol. The number of amides is 1. The molecule has 1 aliphatic heterocycles. The van der Waals surface area contributed by atoms with E-state index in [0.717, 1.165) is 16.9 Å². The standard InChI is InChI=1S/C22H23NO4S/c1-14-22(10-11-28-14,12-20(24)25)23-21(26)27-13-19-17-8-4-2-6-15(17)16-7-3-5-9-18(16)19/h2-9,14,19H,10-13H2,1H3,(H,23,26)(H,24,25). The lowest BCUT2D eigenvalue weighted by Gasteiger charge is -2.32. The molecule has 2 aliphatic rings. The maximum Gasteiger partial charge on any atom is 0.407 e. The number of thioether (sulfide) groups is 1. The van der Waals surface area contributed by atoms with Crippen LogP contribution in [0.5, 0.6) is 0 Å². The molecule has 1 heterocycles. The van der Waals surface area contributed by atoms with E-state index in [1.807, 2.05) is 31.2 Å². The molecule has 6 heteroatoms. The van der Waals surface area contributed by atoms with Crippen molar-refractivity contribution in [2.75, 3.05) is 12.4 Å². The zero-order valence-electron chi connectivity index (χ0n) is 15.7. The molecule has 1 saturated heterocycles. The molecule has 0 radical (unpaired) electrons. The first-order valence-corrected chi connectivity index (χ1v) is 10.5. The molecule has 2 N–H and O–H groups in total. The van der Waals surface area contributed by atoms with Crippen LogP contribution < -0.4 is 5.32 Å². The first-order chi connectivity index (χ1) is 13.5. The molecule has 0 bridgehead atoms. The first-order valence-electron chi connectivity index (χ1n) is 9.47. The third-order valence-corrected chi connectivity index (χ3v) is 7.25. The van der Waals surface area contributed by atoms with E-state index in [1.165, 1.54) is 11.1 Å². The van der Waals surface area contributed by atoms with Crippen LogP contribution in [0.4, 0.5) is 4.79 Å². The van der Waals surface area contributed by atoms with Crippen LogP contribution in [-0.2, 0) is 9.53 Å². The van der Waals surface area contributed by atoms with Gasteiger partial charge in [0.05, 0.1) is 12.0 Å². The molecule has 2 aromatic carbocycles. The normalized spacial score (nSPS) is 23.1. The van der Waals surface area contributed by atoms with E-state index in [1.54, 1.807) is 11.8 Å². The highest BCUT2D eigenvalue weighted by molar-refractivity contribution is 8.00. The lowest BCUT2D eigenvalue weighted by atomic mass is 9.89. The minimum atomic E-state index is -0.909. The minimum Gasteiger partial charge on any atom is -0.481 e. The van der Waals surface area contributed by atoms with Crippen molar-refractivity contribution >= 4 is 23.8 Å². The van der Waals surface area contributed by atoms with E-state index in [4.69, 9.17) is 4.74 Å². The van der Waals surface area contributed by atoms with Crippen LogP contribution in [0.2, 0.25) is 0 Å². The Hall–Kier alpha value is -2.47. The molecule has 146 valence electrons. The van der Waals surface area contributed by atoms with Gasteiger partial charge in [0.2, 0.25) is 0 Å². The molecule has 1 fully saturated rings. The topological polar surface area (TPSA) is 75.6 Å². The average molecular weight is 397 g/mol. The van der Waals surface area contributed by atoms with Gasteiger partial charge in [-0.05, 0) is 34.4 Å². The summed E-state index contributed by atoms with van der Waals surface area (Å²) in [6.07, 6.45) is -0.00166. The van der Waals surface area contributed by atoms with E-state index in [2.05, 4.69) is 29.6 Å². The number of carboxylic acids is 1. The van der Waals surface area contributed by atoms with Crippen molar-refractivity contribution < 1.29 is 19.4 Å². The Labute approximate surface area is 168 Å². The largest absolute Gasteiger partial charge is 0.481 e. The number of hydrogen-bond donors (Lipinski definition) is 2. The molecule has 0 saturated carbocycles. The summed E-state index contributed by atoms with van der Waals surface area (Å²) in [6.45, 7) is 2.19. The first kappa shape index (κ1) is 18.9. The molecule has 28 heavy (non-hydrogen) atoms. The molecule has 0 spiro atoms. The molecule has 5 nitrogen and oxygen atoms in total. The number of nitrogens with one attached hydrogen (secondary N) is 1. The van der Waals surface area contributed by atoms with Gasteiger partial charge in [-0.1, -0.05) is 55.5 Å². The van der Waals surface area contributed by atoms with Crippen LogP contribution in [0.3, 0.4) is 0 Å². The number of ether oxygens (including phenoxy) is 1. The summed E-state index contributed by atoms with van der Waals surface area (Å²) in [5, 5.41) is 12.2. The number of carbonyl (C=O) groups excluding carboxylic acids is 1. The zero-order valence-corrected chi connectivity index (χ0v) is 16.5. The Morgan fingerprint density at radius 1 is 1.14 bits per heavy atom. The number of aliphatic carboxylic acids is 1. The number of benzene rings is 2. The third-order valence-electron chi connectivity index (χ3n) is 5.86. The molecular weight excluding hydrogens is 374 g/mol. The van der Waals surface area contributed by atoms with Crippen molar-refractivity contribution in [3.05, 3.63) is 59.7 Å². The summed E-state index contributed by atoms with van der Waals surface area (Å²) >= 11 is 1.68. The summed E-state index contributed by atoms with van der Waals surface area (Å²) < 4.78 is 5.60. The van der Waals surface area contributed by atoms with E-state index in [9.17, 15) is 14.7 Å². The number of rotatable bonds is 5. The average Bonchev–Trinajstić information content (AvgIpc) is 3.18. The van der Waals surface area contributed by atoms with Gasteiger partial charge in [0.15, 0.2) is 0 Å². The Bertz CT molecular complexity index is 869. The predicted octanol–water partition coefficient (Wildman–Crippen LogP) is 4.26. The van der Waals surface area contributed by atoms with Crippen LogP contribution in [0.15, 0.2) is 48.5 Å². The van der Waals surface area contributed by atoms with Gasteiger partial charge in [-0.25, -0.2) is 4.79 Å². The van der Waals surface area contributed by atoms with Crippen LogP contribution in [0, 0.1) is 0 Å². The maximum absolute atomic E-state index is 12.6. The van der Waals surface area contributed by atoms with Gasteiger partial charge >= 0.3 is 12.1 Å². The molecule has 1 aliphatic carbocycles. The summed E-state index contributed by atoms with van der Waals surface area (Å²) in [5.41, 5.74) is 3.91. The molecule has 2 atom stereocenters.